The van der Waals surface area contributed by atoms with E-state index in [4.69, 9.17) is 14.2 Å². The Morgan fingerprint density at radius 3 is 2.36 bits per heavy atom. The molecule has 2 aromatic rings. The van der Waals surface area contributed by atoms with E-state index in [-0.39, 0.29) is 29.4 Å². The summed E-state index contributed by atoms with van der Waals surface area (Å²) in [5, 5.41) is 11.7. The molecule has 9 heteroatoms. The van der Waals surface area contributed by atoms with Crippen LogP contribution in [-0.4, -0.2) is 63.3 Å². The maximum absolute atomic E-state index is 13.1. The van der Waals surface area contributed by atoms with Crippen molar-refractivity contribution in [2.75, 3.05) is 52.5 Å². The van der Waals surface area contributed by atoms with Gasteiger partial charge in [0.1, 0.15) is 12.2 Å². The van der Waals surface area contributed by atoms with E-state index in [1.807, 2.05) is 12.1 Å². The highest BCUT2D eigenvalue weighted by atomic mass is 16.6. The number of nitro benzene ring substituents is 1. The molecule has 9 nitrogen and oxygen atoms in total. The smallest absolute Gasteiger partial charge is 0.286 e. The van der Waals surface area contributed by atoms with Gasteiger partial charge in [0.05, 0.1) is 24.7 Å². The number of carbonyl (C=O) groups is 1. The first-order valence-electron chi connectivity index (χ1n) is 11.0. The van der Waals surface area contributed by atoms with E-state index in [0.29, 0.717) is 13.2 Å². The molecule has 3 rings (SSSR count). The van der Waals surface area contributed by atoms with Crippen LogP contribution in [0, 0.1) is 10.1 Å². The van der Waals surface area contributed by atoms with Gasteiger partial charge in [-0.3, -0.25) is 14.9 Å². The third-order valence-electron chi connectivity index (χ3n) is 5.68. The topological polar surface area (TPSA) is 94.4 Å². The van der Waals surface area contributed by atoms with Crippen molar-refractivity contribution in [3.05, 3.63) is 57.6 Å². The third kappa shape index (κ3) is 6.13. The fourth-order valence-corrected chi connectivity index (χ4v) is 3.89. The number of amides is 1. The molecular formula is C24H31N3O6. The number of piperidine rings is 1. The molecule has 1 aliphatic rings. The number of carbonyl (C=O) groups excluding carboxylic acids is 1. The maximum Gasteiger partial charge on any atom is 0.286 e. The highest BCUT2D eigenvalue weighted by molar-refractivity contribution is 5.99. The molecule has 0 spiro atoms. The Bertz CT molecular complexity index is 957. The van der Waals surface area contributed by atoms with Crippen molar-refractivity contribution in [3.8, 4) is 11.5 Å². The molecule has 1 saturated heterocycles. The number of anilines is 1. The molecule has 1 fully saturated rings. The number of nitrogens with zero attached hydrogens (tertiary/aromatic N) is 3. The van der Waals surface area contributed by atoms with E-state index in [0.717, 1.165) is 18.7 Å². The van der Waals surface area contributed by atoms with Gasteiger partial charge in [-0.05, 0) is 37.0 Å². The van der Waals surface area contributed by atoms with E-state index in [2.05, 4.69) is 17.0 Å². The zero-order chi connectivity index (χ0) is 23.8. The summed E-state index contributed by atoms with van der Waals surface area (Å²) in [7, 11) is 4.58. The predicted molar refractivity (Wildman–Crippen MR) is 125 cm³/mol. The Labute approximate surface area is 194 Å². The Balaban J connectivity index is 1.76. The summed E-state index contributed by atoms with van der Waals surface area (Å²) in [6.45, 7) is 2.97. The lowest BCUT2D eigenvalue weighted by atomic mass is 10.1. The molecule has 0 unspecified atom stereocenters. The van der Waals surface area contributed by atoms with E-state index >= 15 is 0 Å². The summed E-state index contributed by atoms with van der Waals surface area (Å²) in [4.78, 5) is 28.1. The molecule has 0 aliphatic carbocycles. The third-order valence-corrected chi connectivity index (χ3v) is 5.68. The van der Waals surface area contributed by atoms with Crippen molar-refractivity contribution in [2.24, 2.45) is 0 Å². The molecule has 0 aromatic heterocycles. The van der Waals surface area contributed by atoms with Crippen LogP contribution in [0.1, 0.15) is 35.2 Å². The Kier molecular flexibility index (Phi) is 8.48. The molecule has 0 N–H and O–H groups in total. The second kappa shape index (κ2) is 11.5. The van der Waals surface area contributed by atoms with Gasteiger partial charge in [-0.25, -0.2) is 0 Å². The lowest BCUT2D eigenvalue weighted by molar-refractivity contribution is -0.385. The number of rotatable bonds is 10. The van der Waals surface area contributed by atoms with Crippen LogP contribution in [-0.2, 0) is 11.3 Å². The summed E-state index contributed by atoms with van der Waals surface area (Å²) >= 11 is 0. The molecule has 0 radical (unpaired) electrons. The van der Waals surface area contributed by atoms with Crippen molar-refractivity contribution in [1.82, 2.24) is 4.90 Å². The number of methoxy groups -OCH3 is 2. The normalized spacial score (nSPS) is 13.5. The van der Waals surface area contributed by atoms with Gasteiger partial charge in [-0.1, -0.05) is 12.1 Å². The van der Waals surface area contributed by atoms with Gasteiger partial charge in [0.2, 0.25) is 0 Å². The minimum Gasteiger partial charge on any atom is -0.493 e. The Morgan fingerprint density at radius 1 is 1.06 bits per heavy atom. The van der Waals surface area contributed by atoms with Crippen LogP contribution in [0.25, 0.3) is 0 Å². The van der Waals surface area contributed by atoms with Gasteiger partial charge in [0.15, 0.2) is 11.5 Å². The minimum atomic E-state index is -0.586. The zero-order valence-corrected chi connectivity index (χ0v) is 19.4. The van der Waals surface area contributed by atoms with Gasteiger partial charge in [0.25, 0.3) is 11.6 Å². The minimum absolute atomic E-state index is 0.0524. The summed E-state index contributed by atoms with van der Waals surface area (Å²) in [6, 6.07) is 10.7. The molecule has 0 bridgehead atoms. The molecule has 1 amide bonds. The van der Waals surface area contributed by atoms with E-state index in [1.54, 1.807) is 7.05 Å². The maximum atomic E-state index is 13.1. The largest absolute Gasteiger partial charge is 0.493 e. The Hall–Kier alpha value is -3.33. The highest BCUT2D eigenvalue weighted by Crippen LogP contribution is 2.35. The SMILES string of the molecule is COCCOc1cc([N+](=O)[O-])c(C(=O)N(C)Cc2ccc(N3CCCCC3)cc2)cc1OC. The van der Waals surface area contributed by atoms with E-state index < -0.39 is 10.8 Å². The van der Waals surface area contributed by atoms with Crippen LogP contribution in [0.2, 0.25) is 0 Å². The first kappa shape index (κ1) is 24.3. The molecule has 0 saturated carbocycles. The second-order valence-electron chi connectivity index (χ2n) is 7.99. The number of nitro groups is 1. The summed E-state index contributed by atoms with van der Waals surface area (Å²) in [5.74, 6) is -0.0309. The van der Waals surface area contributed by atoms with E-state index in [1.165, 1.54) is 56.2 Å². The standard InChI is InChI=1S/C24H31N3O6/c1-25(17-18-7-9-19(10-8-18)26-11-5-4-6-12-26)24(28)20-15-22(32-3)23(33-14-13-31-2)16-21(20)27(29)30/h7-10,15-16H,4-6,11-14,17H2,1-3H3. The molecule has 178 valence electrons. The van der Waals surface area contributed by atoms with Crippen LogP contribution in [0.4, 0.5) is 11.4 Å². The first-order chi connectivity index (χ1) is 15.9. The van der Waals surface area contributed by atoms with Crippen LogP contribution < -0.4 is 14.4 Å². The van der Waals surface area contributed by atoms with Gasteiger partial charge in [-0.15, -0.1) is 0 Å². The monoisotopic (exact) mass is 457 g/mol. The van der Waals surface area contributed by atoms with Crippen molar-refractivity contribution in [3.63, 3.8) is 0 Å². The van der Waals surface area contributed by atoms with Gasteiger partial charge < -0.3 is 24.0 Å². The van der Waals surface area contributed by atoms with Crippen LogP contribution in [0.15, 0.2) is 36.4 Å². The molecule has 33 heavy (non-hydrogen) atoms. The fraction of sp³-hybridized carbons (Fsp3) is 0.458. The molecular weight excluding hydrogens is 426 g/mol. The lowest BCUT2D eigenvalue weighted by Crippen LogP contribution is -2.29. The van der Waals surface area contributed by atoms with Gasteiger partial charge >= 0.3 is 0 Å². The second-order valence-corrected chi connectivity index (χ2v) is 7.99. The van der Waals surface area contributed by atoms with Crippen molar-refractivity contribution in [1.29, 1.82) is 0 Å². The van der Waals surface area contributed by atoms with Crippen molar-refractivity contribution >= 4 is 17.3 Å². The molecule has 1 heterocycles. The van der Waals surface area contributed by atoms with Gasteiger partial charge in [-0.2, -0.15) is 0 Å². The average molecular weight is 458 g/mol. The first-order valence-corrected chi connectivity index (χ1v) is 11.0. The summed E-state index contributed by atoms with van der Waals surface area (Å²) in [6.07, 6.45) is 3.69. The molecule has 2 aromatic carbocycles. The zero-order valence-electron chi connectivity index (χ0n) is 19.4. The number of hydrogen-bond acceptors (Lipinski definition) is 7. The number of hydrogen-bond donors (Lipinski definition) is 0. The lowest BCUT2D eigenvalue weighted by Gasteiger charge is -2.29. The predicted octanol–water partition coefficient (Wildman–Crippen LogP) is 3.89. The van der Waals surface area contributed by atoms with Crippen LogP contribution in [0.3, 0.4) is 0 Å². The summed E-state index contributed by atoms with van der Waals surface area (Å²) in [5.41, 5.74) is 1.74. The van der Waals surface area contributed by atoms with Crippen LogP contribution >= 0.6 is 0 Å². The van der Waals surface area contributed by atoms with Crippen molar-refractivity contribution < 1.29 is 23.9 Å². The average Bonchev–Trinajstić information content (AvgIpc) is 2.84. The number of benzene rings is 2. The van der Waals surface area contributed by atoms with Crippen LogP contribution in [0.5, 0.6) is 11.5 Å². The summed E-state index contributed by atoms with van der Waals surface area (Å²) < 4.78 is 15.8. The van der Waals surface area contributed by atoms with Crippen molar-refractivity contribution in [2.45, 2.75) is 25.8 Å². The Morgan fingerprint density at radius 2 is 1.76 bits per heavy atom. The molecule has 0 atom stereocenters. The quantitative estimate of drug-likeness (QED) is 0.303. The highest BCUT2D eigenvalue weighted by Gasteiger charge is 2.27. The molecule has 1 aliphatic heterocycles. The van der Waals surface area contributed by atoms with E-state index in [9.17, 15) is 14.9 Å². The fourth-order valence-electron chi connectivity index (χ4n) is 3.89. The number of ether oxygens (including phenoxy) is 3. The van der Waals surface area contributed by atoms with Gasteiger partial charge in [0, 0.05) is 45.5 Å².